The van der Waals surface area contributed by atoms with E-state index in [-0.39, 0.29) is 6.42 Å². The molecule has 0 saturated carbocycles. The van der Waals surface area contributed by atoms with Gasteiger partial charge in [0.2, 0.25) is 0 Å². The number of hydrogen-bond donors (Lipinski definition) is 1. The fraction of sp³-hybridized carbons (Fsp3) is 0.882. The van der Waals surface area contributed by atoms with E-state index < -0.39 is 17.9 Å². The Morgan fingerprint density at radius 2 is 0.947 bits per heavy atom. The zero-order chi connectivity index (χ0) is 27.9. The Morgan fingerprint density at radius 3 is 1.29 bits per heavy atom. The van der Waals surface area contributed by atoms with Crippen LogP contribution in [0, 0.1) is 5.92 Å². The first-order chi connectivity index (χ1) is 18.6. The summed E-state index contributed by atoms with van der Waals surface area (Å²) in [6, 6.07) is 0. The summed E-state index contributed by atoms with van der Waals surface area (Å²) in [7, 11) is 0. The number of esters is 1. The van der Waals surface area contributed by atoms with Crippen molar-refractivity contribution < 1.29 is 19.4 Å². The quantitative estimate of drug-likeness (QED) is 0.0563. The lowest BCUT2D eigenvalue weighted by atomic mass is 10.0. The minimum absolute atomic E-state index is 0.196. The van der Waals surface area contributed by atoms with Crippen molar-refractivity contribution >= 4 is 11.9 Å². The van der Waals surface area contributed by atoms with Crippen molar-refractivity contribution in [3.63, 3.8) is 0 Å². The molecule has 0 aromatic heterocycles. The van der Waals surface area contributed by atoms with Crippen LogP contribution in [0.3, 0.4) is 0 Å². The molecule has 4 nitrogen and oxygen atoms in total. The molecule has 224 valence electrons. The van der Waals surface area contributed by atoms with E-state index in [0.29, 0.717) is 6.61 Å². The van der Waals surface area contributed by atoms with Gasteiger partial charge in [0.15, 0.2) is 0 Å². The molecule has 0 aliphatic rings. The highest BCUT2D eigenvalue weighted by Crippen LogP contribution is 2.16. The standard InChI is InChI=1S/C34H64O4/c1-3-5-6-7-8-9-10-11-12-13-14-15-16-17-18-19-20-21-22-23-24-25-26-27-28-29-32(31-33(35)36)34(37)38-30-4-2/h28-29,32H,3-27,30-31H2,1-2H3,(H,35,36)/b29-28+. The second-order valence-electron chi connectivity index (χ2n) is 11.4. The molecule has 0 saturated heterocycles. The molecular weight excluding hydrogens is 472 g/mol. The van der Waals surface area contributed by atoms with E-state index in [1.165, 1.54) is 141 Å². The molecule has 0 bridgehead atoms. The number of carbonyl (C=O) groups excluding carboxylic acids is 1. The summed E-state index contributed by atoms with van der Waals surface area (Å²) >= 11 is 0. The third-order valence-corrected chi connectivity index (χ3v) is 7.49. The van der Waals surface area contributed by atoms with Gasteiger partial charge in [0.25, 0.3) is 0 Å². The maximum atomic E-state index is 12.0. The molecule has 0 aliphatic carbocycles. The van der Waals surface area contributed by atoms with Gasteiger partial charge in [-0.1, -0.05) is 167 Å². The van der Waals surface area contributed by atoms with Gasteiger partial charge in [0.05, 0.1) is 18.9 Å². The number of hydrogen-bond acceptors (Lipinski definition) is 3. The van der Waals surface area contributed by atoms with Crippen molar-refractivity contribution in [2.45, 2.75) is 181 Å². The third-order valence-electron chi connectivity index (χ3n) is 7.49. The Bertz CT molecular complexity index is 543. The van der Waals surface area contributed by atoms with E-state index in [0.717, 1.165) is 19.3 Å². The Balaban J connectivity index is 3.37. The van der Waals surface area contributed by atoms with Crippen LogP contribution in [0.2, 0.25) is 0 Å². The number of carboxylic acid groups (broad SMARTS) is 1. The van der Waals surface area contributed by atoms with Crippen LogP contribution in [0.1, 0.15) is 181 Å². The summed E-state index contributed by atoms with van der Waals surface area (Å²) in [5, 5.41) is 9.01. The molecule has 0 aromatic rings. The van der Waals surface area contributed by atoms with Crippen LogP contribution in [0.4, 0.5) is 0 Å². The second-order valence-corrected chi connectivity index (χ2v) is 11.4. The van der Waals surface area contributed by atoms with Gasteiger partial charge in [-0.15, -0.1) is 0 Å². The van der Waals surface area contributed by atoms with Gasteiger partial charge in [-0.05, 0) is 19.3 Å². The first-order valence-electron chi connectivity index (χ1n) is 16.7. The van der Waals surface area contributed by atoms with Gasteiger partial charge in [0, 0.05) is 0 Å². The molecular formula is C34H64O4. The molecule has 1 atom stereocenters. The summed E-state index contributed by atoms with van der Waals surface area (Å²) in [4.78, 5) is 23.0. The number of carboxylic acids is 1. The first kappa shape index (κ1) is 36.7. The maximum Gasteiger partial charge on any atom is 0.313 e. The topological polar surface area (TPSA) is 63.6 Å². The third kappa shape index (κ3) is 27.7. The molecule has 1 N–H and O–H groups in total. The van der Waals surface area contributed by atoms with E-state index in [2.05, 4.69) is 6.92 Å². The van der Waals surface area contributed by atoms with Crippen molar-refractivity contribution in [3.05, 3.63) is 12.2 Å². The summed E-state index contributed by atoms with van der Waals surface area (Å²) in [6.45, 7) is 4.57. The van der Waals surface area contributed by atoms with Crippen molar-refractivity contribution in [3.8, 4) is 0 Å². The summed E-state index contributed by atoms with van der Waals surface area (Å²) in [5.41, 5.74) is 0. The maximum absolute atomic E-state index is 12.0. The minimum Gasteiger partial charge on any atom is -0.481 e. The Labute approximate surface area is 236 Å². The SMILES string of the molecule is CCCCCCCCCCCCCCCCCCCCCCCCC/C=C/C(CC(=O)O)C(=O)OCCC. The molecule has 0 heterocycles. The predicted octanol–water partition coefficient (Wildman–Crippen LogP) is 11.0. The molecule has 0 radical (unpaired) electrons. The molecule has 38 heavy (non-hydrogen) atoms. The predicted molar refractivity (Wildman–Crippen MR) is 163 cm³/mol. The fourth-order valence-electron chi connectivity index (χ4n) is 5.04. The van der Waals surface area contributed by atoms with Crippen molar-refractivity contribution in [2.75, 3.05) is 6.61 Å². The van der Waals surface area contributed by atoms with Crippen molar-refractivity contribution in [1.82, 2.24) is 0 Å². The van der Waals surface area contributed by atoms with E-state index in [9.17, 15) is 9.59 Å². The first-order valence-corrected chi connectivity index (χ1v) is 16.7. The molecule has 0 fully saturated rings. The van der Waals surface area contributed by atoms with Crippen LogP contribution in [-0.4, -0.2) is 23.7 Å². The average molecular weight is 537 g/mol. The highest BCUT2D eigenvalue weighted by molar-refractivity contribution is 5.80. The smallest absolute Gasteiger partial charge is 0.313 e. The van der Waals surface area contributed by atoms with E-state index in [1.54, 1.807) is 6.08 Å². The van der Waals surface area contributed by atoms with Gasteiger partial charge >= 0.3 is 11.9 Å². The Morgan fingerprint density at radius 1 is 0.579 bits per heavy atom. The Hall–Kier alpha value is -1.32. The van der Waals surface area contributed by atoms with E-state index in [1.807, 2.05) is 13.0 Å². The number of unbranched alkanes of at least 4 members (excludes halogenated alkanes) is 23. The fourth-order valence-corrected chi connectivity index (χ4v) is 5.04. The lowest BCUT2D eigenvalue weighted by molar-refractivity contribution is -0.151. The molecule has 0 spiro atoms. The second kappa shape index (κ2) is 30.2. The van der Waals surface area contributed by atoms with Crippen molar-refractivity contribution in [1.29, 1.82) is 0 Å². The van der Waals surface area contributed by atoms with Crippen LogP contribution in [0.15, 0.2) is 12.2 Å². The highest BCUT2D eigenvalue weighted by Gasteiger charge is 2.20. The molecule has 0 amide bonds. The highest BCUT2D eigenvalue weighted by atomic mass is 16.5. The zero-order valence-corrected chi connectivity index (χ0v) is 25.5. The molecule has 1 unspecified atom stereocenters. The van der Waals surface area contributed by atoms with E-state index in [4.69, 9.17) is 9.84 Å². The van der Waals surface area contributed by atoms with Crippen LogP contribution in [0.5, 0.6) is 0 Å². The molecule has 0 aliphatic heterocycles. The van der Waals surface area contributed by atoms with Crippen LogP contribution in [0.25, 0.3) is 0 Å². The van der Waals surface area contributed by atoms with Gasteiger partial charge in [-0.2, -0.15) is 0 Å². The minimum atomic E-state index is -0.965. The van der Waals surface area contributed by atoms with Gasteiger partial charge < -0.3 is 9.84 Å². The molecule has 0 rings (SSSR count). The lowest BCUT2D eigenvalue weighted by Gasteiger charge is -2.09. The van der Waals surface area contributed by atoms with Gasteiger partial charge in [0.1, 0.15) is 0 Å². The van der Waals surface area contributed by atoms with Gasteiger partial charge in [-0.25, -0.2) is 0 Å². The largest absolute Gasteiger partial charge is 0.481 e. The number of carbonyl (C=O) groups is 2. The number of aliphatic carboxylic acids is 1. The zero-order valence-electron chi connectivity index (χ0n) is 25.5. The van der Waals surface area contributed by atoms with Crippen LogP contribution in [-0.2, 0) is 14.3 Å². The average Bonchev–Trinajstić information content (AvgIpc) is 2.90. The summed E-state index contributed by atoms with van der Waals surface area (Å²) in [6.07, 6.45) is 37.1. The number of ether oxygens (including phenoxy) is 1. The monoisotopic (exact) mass is 536 g/mol. The molecule has 0 aromatic carbocycles. The normalized spacial score (nSPS) is 12.3. The lowest BCUT2D eigenvalue weighted by Crippen LogP contribution is -2.19. The molecule has 4 heteroatoms. The van der Waals surface area contributed by atoms with E-state index >= 15 is 0 Å². The van der Waals surface area contributed by atoms with Crippen LogP contribution < -0.4 is 0 Å². The van der Waals surface area contributed by atoms with Crippen molar-refractivity contribution in [2.24, 2.45) is 5.92 Å². The number of rotatable bonds is 30. The van der Waals surface area contributed by atoms with Gasteiger partial charge in [-0.3, -0.25) is 9.59 Å². The summed E-state index contributed by atoms with van der Waals surface area (Å²) < 4.78 is 5.11. The number of allylic oxidation sites excluding steroid dienone is 1. The van der Waals surface area contributed by atoms with Crippen LogP contribution >= 0.6 is 0 Å². The summed E-state index contributed by atoms with van der Waals surface area (Å²) in [5.74, 6) is -2.05. The Kier molecular flexibility index (Phi) is 29.2.